The highest BCUT2D eigenvalue weighted by Crippen LogP contribution is 2.44. The van der Waals surface area contributed by atoms with Crippen LogP contribution in [0.4, 0.5) is 0 Å². The molecule has 2 heterocycles. The summed E-state index contributed by atoms with van der Waals surface area (Å²) in [5.41, 5.74) is 2.61. The predicted molar refractivity (Wildman–Crippen MR) is 147 cm³/mol. The molecule has 1 spiro atoms. The molecule has 3 atom stereocenters. The van der Waals surface area contributed by atoms with Gasteiger partial charge in [-0.1, -0.05) is 71.4 Å². The van der Waals surface area contributed by atoms with Crippen molar-refractivity contribution >= 4 is 8.32 Å². The molecule has 0 bridgehead atoms. The van der Waals surface area contributed by atoms with Gasteiger partial charge in [-0.3, -0.25) is 0 Å². The molecule has 1 aromatic carbocycles. The molecule has 5 heteroatoms. The molecule has 0 amide bonds. The lowest BCUT2D eigenvalue weighted by atomic mass is 9.86. The van der Waals surface area contributed by atoms with Gasteiger partial charge in [0.2, 0.25) is 5.79 Å². The lowest BCUT2D eigenvalue weighted by Gasteiger charge is -2.47. The third-order valence-electron chi connectivity index (χ3n) is 8.34. The molecule has 2 aliphatic rings. The summed E-state index contributed by atoms with van der Waals surface area (Å²) in [6.07, 6.45) is 8.67. The average Bonchev–Trinajstić information content (AvgIpc) is 2.81. The fourth-order valence-electron chi connectivity index (χ4n) is 4.78. The van der Waals surface area contributed by atoms with Crippen LogP contribution in [0, 0.1) is 5.92 Å². The summed E-state index contributed by atoms with van der Waals surface area (Å²) in [6.45, 7) is 18.0. The summed E-state index contributed by atoms with van der Waals surface area (Å²) >= 11 is 0. The van der Waals surface area contributed by atoms with Gasteiger partial charge in [-0.15, -0.1) is 0 Å². The van der Waals surface area contributed by atoms with Crippen LogP contribution in [0.1, 0.15) is 91.5 Å². The molecule has 0 aliphatic carbocycles. The second-order valence-electron chi connectivity index (χ2n) is 12.2. The maximum absolute atomic E-state index is 6.80. The number of allylic oxidation sites excluding steroid dienone is 1. The fraction of sp³-hybridized carbons (Fsp3) is 0.733. The smallest absolute Gasteiger partial charge is 0.210 e. The van der Waals surface area contributed by atoms with E-state index >= 15 is 0 Å². The molecule has 35 heavy (non-hydrogen) atoms. The molecule has 3 rings (SSSR count). The molecule has 198 valence electrons. The zero-order valence-corrected chi connectivity index (χ0v) is 24.5. The molecule has 4 nitrogen and oxygen atoms in total. The minimum absolute atomic E-state index is 0.178. The highest BCUT2D eigenvalue weighted by Gasteiger charge is 2.45. The summed E-state index contributed by atoms with van der Waals surface area (Å²) in [4.78, 5) is 0. The number of ether oxygens (including phenoxy) is 3. The first kappa shape index (κ1) is 28.4. The molecule has 2 aliphatic heterocycles. The Balaban J connectivity index is 1.62. The van der Waals surface area contributed by atoms with E-state index in [1.807, 2.05) is 6.07 Å². The lowest BCUT2D eigenvalue weighted by Crippen LogP contribution is -2.49. The van der Waals surface area contributed by atoms with Crippen molar-refractivity contribution in [3.8, 4) is 0 Å². The van der Waals surface area contributed by atoms with Gasteiger partial charge in [-0.05, 0) is 67.3 Å². The molecule has 0 radical (unpaired) electrons. The van der Waals surface area contributed by atoms with Gasteiger partial charge in [0, 0.05) is 19.4 Å². The Kier molecular flexibility index (Phi) is 10.1. The molecule has 0 saturated carbocycles. The number of rotatable bonds is 11. The van der Waals surface area contributed by atoms with Gasteiger partial charge < -0.3 is 18.6 Å². The van der Waals surface area contributed by atoms with Crippen LogP contribution in [0.5, 0.6) is 0 Å². The third-order valence-corrected chi connectivity index (χ3v) is 12.9. The third kappa shape index (κ3) is 7.92. The van der Waals surface area contributed by atoms with Crippen LogP contribution in [-0.2, 0) is 25.2 Å². The van der Waals surface area contributed by atoms with Crippen LogP contribution in [0.25, 0.3) is 0 Å². The molecule has 1 saturated heterocycles. The van der Waals surface area contributed by atoms with E-state index < -0.39 is 14.1 Å². The Morgan fingerprint density at radius 3 is 2.51 bits per heavy atom. The quantitative estimate of drug-likeness (QED) is 0.285. The van der Waals surface area contributed by atoms with E-state index in [9.17, 15) is 0 Å². The van der Waals surface area contributed by atoms with E-state index in [0.717, 1.165) is 50.9 Å². The standard InChI is InChI=1S/C30H50O4Si/c1-8-9-15-26-17-20-30(34-28(26)23-31-22-25-13-11-10-12-14-25)19-16-24(2)27(33-30)18-21-32-35(6,7)29(3,4)5/h10-14,24,27H,8-9,15-23H2,1-7H3. The van der Waals surface area contributed by atoms with Crippen LogP contribution < -0.4 is 0 Å². The molecule has 1 fully saturated rings. The van der Waals surface area contributed by atoms with Crippen molar-refractivity contribution in [2.24, 2.45) is 5.92 Å². The zero-order chi connectivity index (χ0) is 25.5. The Bertz CT molecular complexity index is 813. The molecule has 0 N–H and O–H groups in total. The summed E-state index contributed by atoms with van der Waals surface area (Å²) in [5, 5.41) is 0.230. The predicted octanol–water partition coefficient (Wildman–Crippen LogP) is 8.38. The number of benzene rings is 1. The van der Waals surface area contributed by atoms with Gasteiger partial charge in [0.05, 0.1) is 12.7 Å². The summed E-state index contributed by atoms with van der Waals surface area (Å²) in [7, 11) is -1.75. The van der Waals surface area contributed by atoms with Gasteiger partial charge in [0.1, 0.15) is 12.4 Å². The van der Waals surface area contributed by atoms with Crippen LogP contribution in [-0.4, -0.2) is 33.4 Å². The van der Waals surface area contributed by atoms with Gasteiger partial charge in [0.15, 0.2) is 8.32 Å². The molecule has 3 unspecified atom stereocenters. The minimum atomic E-state index is -1.75. The Morgan fingerprint density at radius 2 is 1.83 bits per heavy atom. The Morgan fingerprint density at radius 1 is 1.09 bits per heavy atom. The highest BCUT2D eigenvalue weighted by molar-refractivity contribution is 6.74. The summed E-state index contributed by atoms with van der Waals surface area (Å²) in [5.74, 6) is 1.04. The maximum Gasteiger partial charge on any atom is 0.210 e. The highest BCUT2D eigenvalue weighted by atomic mass is 28.4. The minimum Gasteiger partial charge on any atom is -0.464 e. The number of hydrogen-bond acceptors (Lipinski definition) is 4. The van der Waals surface area contributed by atoms with Crippen molar-refractivity contribution in [1.29, 1.82) is 0 Å². The Labute approximate surface area is 215 Å². The fourth-order valence-corrected chi connectivity index (χ4v) is 5.85. The second-order valence-corrected chi connectivity index (χ2v) is 17.0. The molecular weight excluding hydrogens is 452 g/mol. The maximum atomic E-state index is 6.80. The molecule has 0 aromatic heterocycles. The average molecular weight is 503 g/mol. The van der Waals surface area contributed by atoms with E-state index in [1.165, 1.54) is 24.0 Å². The van der Waals surface area contributed by atoms with Gasteiger partial charge in [-0.25, -0.2) is 0 Å². The zero-order valence-electron chi connectivity index (χ0n) is 23.5. The van der Waals surface area contributed by atoms with Crippen molar-refractivity contribution in [2.75, 3.05) is 13.2 Å². The topological polar surface area (TPSA) is 36.9 Å². The van der Waals surface area contributed by atoms with E-state index in [2.05, 4.69) is 72.0 Å². The largest absolute Gasteiger partial charge is 0.464 e. The summed E-state index contributed by atoms with van der Waals surface area (Å²) in [6, 6.07) is 10.4. The van der Waals surface area contributed by atoms with Gasteiger partial charge in [-0.2, -0.15) is 0 Å². The van der Waals surface area contributed by atoms with Crippen molar-refractivity contribution in [2.45, 2.75) is 123 Å². The van der Waals surface area contributed by atoms with Gasteiger partial charge in [0.25, 0.3) is 0 Å². The van der Waals surface area contributed by atoms with E-state index in [1.54, 1.807) is 0 Å². The Hall–Kier alpha value is -1.14. The lowest BCUT2D eigenvalue weighted by molar-refractivity contribution is -0.286. The van der Waals surface area contributed by atoms with E-state index in [4.69, 9.17) is 18.6 Å². The first-order chi connectivity index (χ1) is 16.6. The first-order valence-corrected chi connectivity index (χ1v) is 16.8. The molecule has 1 aromatic rings. The second kappa shape index (κ2) is 12.4. The first-order valence-electron chi connectivity index (χ1n) is 13.9. The summed E-state index contributed by atoms with van der Waals surface area (Å²) < 4.78 is 26.2. The van der Waals surface area contributed by atoms with Crippen molar-refractivity contribution in [3.05, 3.63) is 47.2 Å². The van der Waals surface area contributed by atoms with Crippen molar-refractivity contribution in [3.63, 3.8) is 0 Å². The number of hydrogen-bond donors (Lipinski definition) is 0. The normalized spacial score (nSPS) is 25.7. The van der Waals surface area contributed by atoms with Crippen LogP contribution in [0.2, 0.25) is 18.1 Å². The van der Waals surface area contributed by atoms with Crippen molar-refractivity contribution < 1.29 is 18.6 Å². The SMILES string of the molecule is CCCCC1=C(COCc2ccccc2)OC2(CC1)CCC(C)C(CCO[Si](C)(C)C(C)(C)C)O2. The van der Waals surface area contributed by atoms with E-state index in [0.29, 0.717) is 19.1 Å². The van der Waals surface area contributed by atoms with Gasteiger partial charge >= 0.3 is 0 Å². The monoisotopic (exact) mass is 502 g/mol. The van der Waals surface area contributed by atoms with Crippen molar-refractivity contribution in [1.82, 2.24) is 0 Å². The van der Waals surface area contributed by atoms with E-state index in [-0.39, 0.29) is 11.1 Å². The van der Waals surface area contributed by atoms with Crippen LogP contribution >= 0.6 is 0 Å². The number of unbranched alkanes of at least 4 members (excludes halogenated alkanes) is 1. The van der Waals surface area contributed by atoms with Crippen LogP contribution in [0.3, 0.4) is 0 Å². The van der Waals surface area contributed by atoms with Crippen LogP contribution in [0.15, 0.2) is 41.7 Å². The molecular formula is C30H50O4Si.